The van der Waals surface area contributed by atoms with E-state index in [1.807, 2.05) is 30.4 Å². The molecule has 3 N–H and O–H groups in total. The maximum absolute atomic E-state index is 14.3. The van der Waals surface area contributed by atoms with Gasteiger partial charge in [-0.05, 0) is 76.6 Å². The SMILES string of the molecule is CCOC(=O)[C@@]12C[C@H]1/C=C\CCCCC[C@H](NC(=O)OC(C)(C)C)C(=O)N1C[C@H](OC(=O)N3Cc4ccc(OCCNC(C)C)cc4C3)C[C@H]1C(=O)N2. The quantitative estimate of drug-likeness (QED) is 0.144. The third kappa shape index (κ3) is 10.4. The second-order valence-electron chi connectivity index (χ2n) is 15.7. The van der Waals surface area contributed by atoms with Crippen LogP contribution in [0, 0.1) is 5.92 Å². The van der Waals surface area contributed by atoms with Crippen LogP contribution in [-0.2, 0) is 41.7 Å². The minimum Gasteiger partial charge on any atom is -0.492 e. The number of rotatable bonds is 9. The number of fused-ring (bicyclic) bond motifs is 3. The number of allylic oxidation sites excluding steroid dienone is 1. The Kier molecular flexibility index (Phi) is 12.9. The Morgan fingerprint density at radius 2 is 1.85 bits per heavy atom. The summed E-state index contributed by atoms with van der Waals surface area (Å²) < 4.78 is 22.7. The van der Waals surface area contributed by atoms with Gasteiger partial charge in [0.1, 0.15) is 41.7 Å². The molecule has 14 heteroatoms. The summed E-state index contributed by atoms with van der Waals surface area (Å²) in [7, 11) is 0. The van der Waals surface area contributed by atoms with Crippen LogP contribution in [0.2, 0.25) is 0 Å². The van der Waals surface area contributed by atoms with E-state index in [9.17, 15) is 24.0 Å². The molecule has 1 aromatic carbocycles. The highest BCUT2D eigenvalue weighted by atomic mass is 16.6. The summed E-state index contributed by atoms with van der Waals surface area (Å²) in [6, 6.07) is 4.09. The summed E-state index contributed by atoms with van der Waals surface area (Å²) in [5, 5.41) is 8.99. The fraction of sp³-hybridized carbons (Fsp3) is 0.667. The molecule has 3 aliphatic heterocycles. The van der Waals surface area contributed by atoms with Crippen LogP contribution in [0.5, 0.6) is 5.75 Å². The number of esters is 1. The maximum Gasteiger partial charge on any atom is 0.410 e. The van der Waals surface area contributed by atoms with Crippen molar-refractivity contribution in [3.05, 3.63) is 41.5 Å². The summed E-state index contributed by atoms with van der Waals surface area (Å²) in [6.45, 7) is 13.1. The predicted octanol–water partition coefficient (Wildman–Crippen LogP) is 4.34. The summed E-state index contributed by atoms with van der Waals surface area (Å²) in [6.07, 6.45) is 5.67. The van der Waals surface area contributed by atoms with Gasteiger partial charge in [-0.3, -0.25) is 14.5 Å². The molecular formula is C39H57N5O9. The van der Waals surface area contributed by atoms with E-state index in [0.29, 0.717) is 51.5 Å². The topological polar surface area (TPSA) is 165 Å². The molecule has 1 aliphatic carbocycles. The lowest BCUT2D eigenvalue weighted by Gasteiger charge is -2.30. The van der Waals surface area contributed by atoms with Gasteiger partial charge in [-0.2, -0.15) is 0 Å². The molecule has 53 heavy (non-hydrogen) atoms. The Morgan fingerprint density at radius 3 is 2.58 bits per heavy atom. The second kappa shape index (κ2) is 17.2. The van der Waals surface area contributed by atoms with Crippen LogP contribution in [0.25, 0.3) is 0 Å². The largest absolute Gasteiger partial charge is 0.492 e. The number of alkyl carbamates (subject to hydrolysis) is 1. The molecule has 0 unspecified atom stereocenters. The van der Waals surface area contributed by atoms with E-state index in [2.05, 4.69) is 29.8 Å². The van der Waals surface area contributed by atoms with E-state index in [1.165, 1.54) is 4.90 Å². The number of hydrogen-bond acceptors (Lipinski definition) is 10. The molecule has 4 amide bonds. The Labute approximate surface area is 312 Å². The minimum atomic E-state index is -1.24. The zero-order chi connectivity index (χ0) is 38.3. The molecule has 0 radical (unpaired) electrons. The van der Waals surface area contributed by atoms with Crippen molar-refractivity contribution in [1.29, 1.82) is 0 Å². The third-order valence-electron chi connectivity index (χ3n) is 9.92. The first kappa shape index (κ1) is 39.9. The van der Waals surface area contributed by atoms with E-state index in [1.54, 1.807) is 32.6 Å². The highest BCUT2D eigenvalue weighted by Gasteiger charge is 2.62. The monoisotopic (exact) mass is 739 g/mol. The molecule has 1 saturated heterocycles. The van der Waals surface area contributed by atoms with Crippen LogP contribution >= 0.6 is 0 Å². The van der Waals surface area contributed by atoms with Gasteiger partial charge in [-0.15, -0.1) is 0 Å². The average Bonchev–Trinajstić information content (AvgIpc) is 3.39. The molecule has 14 nitrogen and oxygen atoms in total. The lowest BCUT2D eigenvalue weighted by Crippen LogP contribution is -2.56. The molecule has 3 heterocycles. The molecule has 1 aromatic rings. The van der Waals surface area contributed by atoms with Crippen LogP contribution < -0.4 is 20.7 Å². The van der Waals surface area contributed by atoms with Crippen LogP contribution in [-0.4, -0.2) is 101 Å². The Hall–Kier alpha value is -4.33. The second-order valence-corrected chi connectivity index (χ2v) is 15.7. The number of amides is 4. The number of nitrogens with zero attached hydrogens (tertiary/aromatic N) is 2. The number of carbonyl (C=O) groups is 5. The first-order valence-corrected chi connectivity index (χ1v) is 19.1. The molecule has 5 rings (SSSR count). The maximum atomic E-state index is 14.3. The van der Waals surface area contributed by atoms with Gasteiger partial charge < -0.3 is 39.8 Å². The van der Waals surface area contributed by atoms with Crippen molar-refractivity contribution in [3.63, 3.8) is 0 Å². The van der Waals surface area contributed by atoms with Crippen molar-refractivity contribution in [1.82, 2.24) is 25.8 Å². The van der Waals surface area contributed by atoms with E-state index in [4.69, 9.17) is 18.9 Å². The molecule has 2 fully saturated rings. The summed E-state index contributed by atoms with van der Waals surface area (Å²) in [5.41, 5.74) is -0.0862. The third-order valence-corrected chi connectivity index (χ3v) is 9.92. The number of ether oxygens (including phenoxy) is 4. The summed E-state index contributed by atoms with van der Waals surface area (Å²) >= 11 is 0. The fourth-order valence-electron chi connectivity index (χ4n) is 7.17. The average molecular weight is 740 g/mol. The Balaban J connectivity index is 1.32. The summed E-state index contributed by atoms with van der Waals surface area (Å²) in [4.78, 5) is 71.1. The predicted molar refractivity (Wildman–Crippen MR) is 196 cm³/mol. The molecular weight excluding hydrogens is 682 g/mol. The normalized spacial score (nSPS) is 26.6. The van der Waals surface area contributed by atoms with Gasteiger partial charge >= 0.3 is 18.2 Å². The van der Waals surface area contributed by atoms with Crippen molar-refractivity contribution in [2.45, 2.75) is 135 Å². The molecule has 0 aromatic heterocycles. The molecule has 4 aliphatic rings. The molecule has 292 valence electrons. The smallest absolute Gasteiger partial charge is 0.410 e. The van der Waals surface area contributed by atoms with Crippen LogP contribution in [0.1, 0.15) is 97.6 Å². The zero-order valence-corrected chi connectivity index (χ0v) is 32.0. The number of hydrogen-bond donors (Lipinski definition) is 3. The highest BCUT2D eigenvalue weighted by molar-refractivity contribution is 5.96. The standard InChI is InChI=1S/C39H57N5O9/c1-7-50-35(47)39-21-28(39)13-11-9-8-10-12-14-31(41-36(48)53-38(4,5)6)34(46)44-24-30(20-32(44)33(45)42-39)52-37(49)43-22-26-15-16-29(19-27(26)23-43)51-18-17-40-25(2)3/h11,13,15-16,19,25,28,30-32,40H,7-10,12,14,17-18,20-24H2,1-6H3,(H,41,48)(H,42,45)/b13-11-/t28-,30-,31+,32+,39-/m1/s1. The zero-order valence-electron chi connectivity index (χ0n) is 32.0. The highest BCUT2D eigenvalue weighted by Crippen LogP contribution is 2.46. The molecule has 1 saturated carbocycles. The van der Waals surface area contributed by atoms with Gasteiger partial charge in [0, 0.05) is 38.0 Å². The lowest BCUT2D eigenvalue weighted by molar-refractivity contribution is -0.150. The van der Waals surface area contributed by atoms with Gasteiger partial charge in [0.15, 0.2) is 0 Å². The van der Waals surface area contributed by atoms with Gasteiger partial charge in [-0.25, -0.2) is 14.4 Å². The lowest BCUT2D eigenvalue weighted by atomic mass is 10.0. The first-order valence-electron chi connectivity index (χ1n) is 19.1. The van der Waals surface area contributed by atoms with Crippen molar-refractivity contribution < 1.29 is 42.9 Å². The fourth-order valence-corrected chi connectivity index (χ4v) is 7.17. The van der Waals surface area contributed by atoms with E-state index < -0.39 is 59.3 Å². The number of nitrogens with one attached hydrogen (secondary N) is 3. The first-order chi connectivity index (χ1) is 25.2. The van der Waals surface area contributed by atoms with E-state index in [-0.39, 0.29) is 25.5 Å². The van der Waals surface area contributed by atoms with Crippen LogP contribution in [0.4, 0.5) is 9.59 Å². The van der Waals surface area contributed by atoms with Crippen LogP contribution in [0.3, 0.4) is 0 Å². The van der Waals surface area contributed by atoms with Crippen molar-refractivity contribution in [2.75, 3.05) is 26.3 Å². The van der Waals surface area contributed by atoms with Gasteiger partial charge in [-0.1, -0.05) is 44.9 Å². The molecule has 0 spiro atoms. The van der Waals surface area contributed by atoms with Gasteiger partial charge in [0.2, 0.25) is 11.8 Å². The molecule has 5 atom stereocenters. The number of carbonyl (C=O) groups excluding carboxylic acids is 5. The molecule has 0 bridgehead atoms. The number of benzene rings is 1. The Morgan fingerprint density at radius 1 is 1.08 bits per heavy atom. The van der Waals surface area contributed by atoms with Crippen LogP contribution in [0.15, 0.2) is 30.4 Å². The minimum absolute atomic E-state index is 0.0189. The van der Waals surface area contributed by atoms with E-state index in [0.717, 1.165) is 36.1 Å². The van der Waals surface area contributed by atoms with E-state index >= 15 is 0 Å². The summed E-state index contributed by atoms with van der Waals surface area (Å²) in [5.74, 6) is -1.07. The van der Waals surface area contributed by atoms with Gasteiger partial charge in [0.05, 0.1) is 13.2 Å². The van der Waals surface area contributed by atoms with Crippen molar-refractivity contribution in [2.24, 2.45) is 5.92 Å². The Bertz CT molecular complexity index is 1540. The van der Waals surface area contributed by atoms with Crippen molar-refractivity contribution >= 4 is 30.0 Å². The van der Waals surface area contributed by atoms with Crippen molar-refractivity contribution in [3.8, 4) is 5.75 Å². The van der Waals surface area contributed by atoms with Gasteiger partial charge in [0.25, 0.3) is 0 Å².